The molecule has 2 atom stereocenters. The zero-order valence-electron chi connectivity index (χ0n) is 18.1. The van der Waals surface area contributed by atoms with Crippen molar-refractivity contribution in [3.8, 4) is 0 Å². The Morgan fingerprint density at radius 1 is 1.41 bits per heavy atom. The summed E-state index contributed by atoms with van der Waals surface area (Å²) >= 11 is 0. The smallest absolute Gasteiger partial charge is 0.364 e. The average Bonchev–Trinajstić information content (AvgIpc) is 2.73. The van der Waals surface area contributed by atoms with Gasteiger partial charge in [0.25, 0.3) is 0 Å². The van der Waals surface area contributed by atoms with Crippen LogP contribution in [-0.4, -0.2) is 48.0 Å². The quantitative estimate of drug-likeness (QED) is 0.264. The number of piperidine rings is 1. The monoisotopic (exact) mass is 452 g/mol. The SMILES string of the molecule is C=C(c1nc(N(N)/C=C\CC)cc2c(N[C@@]3(N)CCN(C)C[C@@H]3F)cccc12)C(F)(F)F. The van der Waals surface area contributed by atoms with E-state index in [9.17, 15) is 17.6 Å². The Hall–Kier alpha value is -2.69. The van der Waals surface area contributed by atoms with E-state index in [-0.39, 0.29) is 23.4 Å². The topological polar surface area (TPSA) is 83.4 Å². The van der Waals surface area contributed by atoms with Gasteiger partial charge in [0.05, 0.1) is 11.3 Å². The Kier molecular flexibility index (Phi) is 6.77. The van der Waals surface area contributed by atoms with Gasteiger partial charge in [-0.2, -0.15) is 13.2 Å². The fourth-order valence-electron chi connectivity index (χ4n) is 3.62. The van der Waals surface area contributed by atoms with Crippen molar-refractivity contribution < 1.29 is 17.6 Å². The third-order valence-electron chi connectivity index (χ3n) is 5.56. The second-order valence-corrected chi connectivity index (χ2v) is 8.05. The predicted octanol–water partition coefficient (Wildman–Crippen LogP) is 4.15. The summed E-state index contributed by atoms with van der Waals surface area (Å²) in [6.45, 7) is 5.84. The van der Waals surface area contributed by atoms with Gasteiger partial charge in [0, 0.05) is 35.7 Å². The number of fused-ring (bicyclic) bond motifs is 1. The maximum Gasteiger partial charge on any atom is 0.417 e. The van der Waals surface area contributed by atoms with E-state index in [0.717, 1.165) is 5.01 Å². The Labute approximate surface area is 184 Å². The molecule has 5 N–H and O–H groups in total. The first-order valence-electron chi connectivity index (χ1n) is 10.3. The van der Waals surface area contributed by atoms with Crippen LogP contribution < -0.4 is 21.9 Å². The summed E-state index contributed by atoms with van der Waals surface area (Å²) in [6.07, 6.45) is -1.80. The molecule has 10 heteroatoms. The van der Waals surface area contributed by atoms with E-state index in [1.54, 1.807) is 31.3 Å². The van der Waals surface area contributed by atoms with Gasteiger partial charge >= 0.3 is 6.18 Å². The lowest BCUT2D eigenvalue weighted by Crippen LogP contribution is -2.63. The molecule has 32 heavy (non-hydrogen) atoms. The van der Waals surface area contributed by atoms with Crippen LogP contribution >= 0.6 is 0 Å². The fraction of sp³-hybridized carbons (Fsp3) is 0.409. The summed E-state index contributed by atoms with van der Waals surface area (Å²) in [7, 11) is 1.80. The molecule has 0 spiro atoms. The Morgan fingerprint density at radius 2 is 2.12 bits per heavy atom. The van der Waals surface area contributed by atoms with Crippen molar-refractivity contribution in [1.82, 2.24) is 9.88 Å². The molecule has 0 amide bonds. The third-order valence-corrected chi connectivity index (χ3v) is 5.56. The zero-order chi connectivity index (χ0) is 23.7. The number of halogens is 4. The van der Waals surface area contributed by atoms with Crippen molar-refractivity contribution in [2.45, 2.75) is 37.8 Å². The molecule has 0 unspecified atom stereocenters. The van der Waals surface area contributed by atoms with Gasteiger partial charge in [0.15, 0.2) is 0 Å². The molecule has 1 aliphatic rings. The van der Waals surface area contributed by atoms with Gasteiger partial charge in [-0.25, -0.2) is 15.2 Å². The molecule has 6 nitrogen and oxygen atoms in total. The van der Waals surface area contributed by atoms with Crippen molar-refractivity contribution in [3.05, 3.63) is 48.8 Å². The number of alkyl halides is 4. The van der Waals surface area contributed by atoms with Crippen LogP contribution in [0.1, 0.15) is 25.5 Å². The number of anilines is 2. The van der Waals surface area contributed by atoms with Gasteiger partial charge in [0.1, 0.15) is 17.7 Å². The largest absolute Gasteiger partial charge is 0.417 e. The normalized spacial score (nSPS) is 22.4. The summed E-state index contributed by atoms with van der Waals surface area (Å²) in [4.78, 5) is 5.97. The lowest BCUT2D eigenvalue weighted by molar-refractivity contribution is -0.0688. The van der Waals surface area contributed by atoms with Crippen LogP contribution in [0.5, 0.6) is 0 Å². The highest BCUT2D eigenvalue weighted by molar-refractivity contribution is 6.01. The number of aromatic nitrogens is 1. The summed E-state index contributed by atoms with van der Waals surface area (Å²) in [5.41, 5.74) is 3.93. The Morgan fingerprint density at radius 3 is 2.75 bits per heavy atom. The third kappa shape index (κ3) is 4.87. The minimum atomic E-state index is -4.69. The summed E-state index contributed by atoms with van der Waals surface area (Å²) < 4.78 is 55.4. The van der Waals surface area contributed by atoms with E-state index in [2.05, 4.69) is 16.9 Å². The van der Waals surface area contributed by atoms with Crippen LogP contribution in [0.4, 0.5) is 29.1 Å². The molecule has 0 radical (unpaired) electrons. The van der Waals surface area contributed by atoms with Gasteiger partial charge < -0.3 is 16.0 Å². The zero-order valence-corrected chi connectivity index (χ0v) is 18.1. The van der Waals surface area contributed by atoms with Crippen molar-refractivity contribution in [3.63, 3.8) is 0 Å². The van der Waals surface area contributed by atoms with E-state index in [1.165, 1.54) is 12.3 Å². The van der Waals surface area contributed by atoms with E-state index in [0.29, 0.717) is 30.5 Å². The first-order chi connectivity index (χ1) is 15.0. The number of rotatable bonds is 6. The minimum absolute atomic E-state index is 0.0862. The van der Waals surface area contributed by atoms with Gasteiger partial charge in [-0.3, -0.25) is 5.01 Å². The van der Waals surface area contributed by atoms with Crippen LogP contribution in [-0.2, 0) is 0 Å². The molecule has 0 saturated carbocycles. The molecule has 1 aromatic heterocycles. The lowest BCUT2D eigenvalue weighted by Gasteiger charge is -2.41. The standard InChI is InChI=1S/C22H28F4N6/c1-4-5-10-32(28)19-12-16-15(20(29-19)14(2)22(24,25)26)7-6-8-17(16)30-21(27)9-11-31(3)13-18(21)23/h5-8,10,12,18,30H,2,4,9,11,13,27-28H2,1,3H3/b10-5-/t18-,21-/m0/s1. The van der Waals surface area contributed by atoms with Crippen molar-refractivity contribution in [2.24, 2.45) is 11.6 Å². The van der Waals surface area contributed by atoms with E-state index in [4.69, 9.17) is 11.6 Å². The molecule has 1 fully saturated rings. The Balaban J connectivity index is 2.16. The number of hydrogen-bond donors (Lipinski definition) is 3. The number of nitrogens with one attached hydrogen (secondary N) is 1. The highest BCUT2D eigenvalue weighted by Gasteiger charge is 2.40. The van der Waals surface area contributed by atoms with Crippen molar-refractivity contribution in [2.75, 3.05) is 30.5 Å². The van der Waals surface area contributed by atoms with E-state index in [1.807, 2.05) is 11.8 Å². The highest BCUT2D eigenvalue weighted by atomic mass is 19.4. The molecular weight excluding hydrogens is 424 g/mol. The molecule has 2 heterocycles. The predicted molar refractivity (Wildman–Crippen MR) is 120 cm³/mol. The van der Waals surface area contributed by atoms with Crippen LogP contribution in [0.15, 0.2) is 43.1 Å². The van der Waals surface area contributed by atoms with E-state index < -0.39 is 23.6 Å². The van der Waals surface area contributed by atoms with Crippen LogP contribution in [0.2, 0.25) is 0 Å². The number of hydrogen-bond acceptors (Lipinski definition) is 6. The molecule has 174 valence electrons. The second kappa shape index (κ2) is 9.05. The van der Waals surface area contributed by atoms with Crippen LogP contribution in [0.3, 0.4) is 0 Å². The molecular formula is C22H28F4N6. The molecule has 1 aliphatic heterocycles. The summed E-state index contributed by atoms with van der Waals surface area (Å²) in [6, 6.07) is 6.28. The fourth-order valence-corrected chi connectivity index (χ4v) is 3.62. The van der Waals surface area contributed by atoms with Gasteiger partial charge in [-0.05, 0) is 32.0 Å². The van der Waals surface area contributed by atoms with Gasteiger partial charge in [-0.1, -0.05) is 31.7 Å². The second-order valence-electron chi connectivity index (χ2n) is 8.05. The van der Waals surface area contributed by atoms with Gasteiger partial charge in [-0.15, -0.1) is 0 Å². The number of nitrogens with two attached hydrogens (primary N) is 2. The summed E-state index contributed by atoms with van der Waals surface area (Å²) in [5.74, 6) is 6.10. The Bertz CT molecular complexity index is 1020. The van der Waals surface area contributed by atoms with Crippen molar-refractivity contribution >= 4 is 27.9 Å². The van der Waals surface area contributed by atoms with E-state index >= 15 is 0 Å². The number of pyridine rings is 1. The first kappa shape index (κ1) is 24.0. The maximum atomic E-state index is 14.8. The number of allylic oxidation sites excluding steroid dienone is 2. The maximum absolute atomic E-state index is 14.8. The van der Waals surface area contributed by atoms with Crippen LogP contribution in [0.25, 0.3) is 16.3 Å². The molecule has 0 bridgehead atoms. The molecule has 1 saturated heterocycles. The number of likely N-dealkylation sites (tertiary alicyclic amines) is 1. The first-order valence-corrected chi connectivity index (χ1v) is 10.3. The summed E-state index contributed by atoms with van der Waals surface area (Å²) in [5, 5.41) is 4.78. The lowest BCUT2D eigenvalue weighted by atomic mass is 9.94. The van der Waals surface area contributed by atoms with Gasteiger partial charge in [0.2, 0.25) is 0 Å². The molecule has 0 aliphatic carbocycles. The number of benzene rings is 1. The number of hydrazine groups is 1. The average molecular weight is 453 g/mol. The molecule has 2 aromatic rings. The highest BCUT2D eigenvalue weighted by Crippen LogP contribution is 2.39. The molecule has 3 rings (SSSR count). The van der Waals surface area contributed by atoms with Crippen molar-refractivity contribution in [1.29, 1.82) is 0 Å². The minimum Gasteiger partial charge on any atom is -0.364 e. The van der Waals surface area contributed by atoms with Crippen LogP contribution in [0, 0.1) is 0 Å². The molecule has 1 aromatic carbocycles. The number of nitrogens with zero attached hydrogens (tertiary/aromatic N) is 3.